The molecule has 8 nitrogen and oxygen atoms in total. The number of amides is 1. The number of carbonyl (C=O) groups excluding carboxylic acids is 1. The summed E-state index contributed by atoms with van der Waals surface area (Å²) in [5, 5.41) is 3.19. The highest BCUT2D eigenvalue weighted by molar-refractivity contribution is 7.13. The molecule has 0 radical (unpaired) electrons. The Morgan fingerprint density at radius 2 is 2.07 bits per heavy atom. The highest BCUT2D eigenvalue weighted by Crippen LogP contribution is 2.27. The number of para-hydroxylation sites is 1. The zero-order valence-corrected chi connectivity index (χ0v) is 15.3. The van der Waals surface area contributed by atoms with Gasteiger partial charge in [0, 0.05) is 19.4 Å². The Kier molecular flexibility index (Phi) is 4.21. The van der Waals surface area contributed by atoms with Crippen LogP contribution in [0.3, 0.4) is 0 Å². The van der Waals surface area contributed by atoms with Crippen LogP contribution in [0.5, 0.6) is 0 Å². The van der Waals surface area contributed by atoms with E-state index >= 15 is 0 Å². The minimum absolute atomic E-state index is 0.178. The van der Waals surface area contributed by atoms with Crippen LogP contribution in [0.25, 0.3) is 21.6 Å². The second-order valence-electron chi connectivity index (χ2n) is 5.81. The number of thiazole rings is 1. The molecule has 4 rings (SSSR count). The molecule has 0 fully saturated rings. The fraction of sp³-hybridized carbons (Fsp3) is 0.111. The van der Waals surface area contributed by atoms with Crippen molar-refractivity contribution < 1.29 is 4.79 Å². The predicted molar refractivity (Wildman–Crippen MR) is 103 cm³/mol. The Morgan fingerprint density at radius 1 is 1.22 bits per heavy atom. The molecule has 0 unspecified atom stereocenters. The van der Waals surface area contributed by atoms with E-state index < -0.39 is 5.91 Å². The van der Waals surface area contributed by atoms with Gasteiger partial charge in [0.05, 0.1) is 33.4 Å². The second-order valence-corrected chi connectivity index (χ2v) is 6.67. The summed E-state index contributed by atoms with van der Waals surface area (Å²) in [7, 11) is 1.67. The van der Waals surface area contributed by atoms with Crippen molar-refractivity contribution in [2.75, 3.05) is 5.32 Å². The number of aromatic nitrogens is 5. The molecule has 3 heterocycles. The Bertz CT molecular complexity index is 1220. The summed E-state index contributed by atoms with van der Waals surface area (Å²) >= 11 is 1.41. The molecule has 0 saturated carbocycles. The van der Waals surface area contributed by atoms with E-state index in [9.17, 15) is 9.59 Å². The second kappa shape index (κ2) is 6.69. The highest BCUT2D eigenvalue weighted by atomic mass is 32.1. The normalized spacial score (nSPS) is 10.9. The van der Waals surface area contributed by atoms with Gasteiger partial charge in [-0.25, -0.2) is 15.0 Å². The molecular formula is C18H14N6O2S. The molecule has 1 aromatic carbocycles. The number of nitrogens with zero attached hydrogens (tertiary/aromatic N) is 5. The van der Waals surface area contributed by atoms with Gasteiger partial charge in [0.15, 0.2) is 5.82 Å². The van der Waals surface area contributed by atoms with Gasteiger partial charge >= 0.3 is 0 Å². The summed E-state index contributed by atoms with van der Waals surface area (Å²) in [6.07, 6.45) is 4.30. The minimum Gasteiger partial charge on any atom is -0.319 e. The molecule has 9 heteroatoms. The van der Waals surface area contributed by atoms with E-state index in [4.69, 9.17) is 0 Å². The number of benzene rings is 1. The standard InChI is InChI=1S/C18H14N6O2S/c1-10-15(27-9-21-10)16-23-14-11(18(26)24(16)2)4-3-5-12(14)22-17(25)13-8-19-6-7-20-13/h3-9H,1-2H3,(H,22,25). The van der Waals surface area contributed by atoms with Gasteiger partial charge in [-0.05, 0) is 19.1 Å². The van der Waals surface area contributed by atoms with Gasteiger partial charge in [-0.15, -0.1) is 11.3 Å². The molecule has 0 aliphatic rings. The maximum atomic E-state index is 12.8. The average molecular weight is 378 g/mol. The van der Waals surface area contributed by atoms with Crippen LogP contribution in [0.15, 0.2) is 47.1 Å². The zero-order chi connectivity index (χ0) is 19.0. The molecule has 0 bridgehead atoms. The number of hydrogen-bond donors (Lipinski definition) is 1. The quantitative estimate of drug-likeness (QED) is 0.587. The number of aryl methyl sites for hydroxylation is 1. The van der Waals surface area contributed by atoms with Crippen LogP contribution < -0.4 is 10.9 Å². The topological polar surface area (TPSA) is 103 Å². The van der Waals surface area contributed by atoms with Gasteiger partial charge in [0.25, 0.3) is 11.5 Å². The summed E-state index contributed by atoms with van der Waals surface area (Å²) in [4.78, 5) is 42.9. The SMILES string of the molecule is Cc1ncsc1-c1nc2c(NC(=O)c3cnccn3)cccc2c(=O)n1C. The van der Waals surface area contributed by atoms with Gasteiger partial charge < -0.3 is 5.32 Å². The lowest BCUT2D eigenvalue weighted by molar-refractivity contribution is 0.102. The lowest BCUT2D eigenvalue weighted by atomic mass is 10.2. The molecule has 1 N–H and O–H groups in total. The van der Waals surface area contributed by atoms with Crippen LogP contribution >= 0.6 is 11.3 Å². The fourth-order valence-corrected chi connectivity index (χ4v) is 3.54. The molecular weight excluding hydrogens is 364 g/mol. The fourth-order valence-electron chi connectivity index (χ4n) is 2.72. The summed E-state index contributed by atoms with van der Waals surface area (Å²) < 4.78 is 1.50. The summed E-state index contributed by atoms with van der Waals surface area (Å²) in [6.45, 7) is 1.87. The van der Waals surface area contributed by atoms with E-state index in [1.165, 1.54) is 34.5 Å². The number of fused-ring (bicyclic) bond motifs is 1. The Hall–Kier alpha value is -3.46. The van der Waals surface area contributed by atoms with Crippen molar-refractivity contribution in [3.05, 3.63) is 64.0 Å². The maximum Gasteiger partial charge on any atom is 0.275 e. The number of carbonyl (C=O) groups is 1. The molecule has 27 heavy (non-hydrogen) atoms. The van der Waals surface area contributed by atoms with Gasteiger partial charge in [-0.2, -0.15) is 0 Å². The zero-order valence-electron chi connectivity index (χ0n) is 14.5. The first-order valence-electron chi connectivity index (χ1n) is 8.04. The van der Waals surface area contributed by atoms with Crippen LogP contribution in [0, 0.1) is 6.92 Å². The summed E-state index contributed by atoms with van der Waals surface area (Å²) in [5.41, 5.74) is 3.34. The van der Waals surface area contributed by atoms with Crippen molar-refractivity contribution in [2.45, 2.75) is 6.92 Å². The third-order valence-corrected chi connectivity index (χ3v) is 5.02. The summed E-state index contributed by atoms with van der Waals surface area (Å²) in [5.74, 6) is 0.0855. The first-order valence-corrected chi connectivity index (χ1v) is 8.92. The molecule has 4 aromatic rings. The highest BCUT2D eigenvalue weighted by Gasteiger charge is 2.17. The Morgan fingerprint density at radius 3 is 2.78 bits per heavy atom. The molecule has 1 amide bonds. The van der Waals surface area contributed by atoms with E-state index in [1.807, 2.05) is 6.92 Å². The van der Waals surface area contributed by atoms with Crippen molar-refractivity contribution in [2.24, 2.45) is 7.05 Å². The molecule has 134 valence electrons. The van der Waals surface area contributed by atoms with Crippen LogP contribution in [-0.2, 0) is 7.05 Å². The first-order chi connectivity index (χ1) is 13.1. The molecule has 3 aromatic heterocycles. The molecule has 0 aliphatic heterocycles. The van der Waals surface area contributed by atoms with E-state index in [0.717, 1.165) is 10.6 Å². The average Bonchev–Trinajstić information content (AvgIpc) is 3.11. The minimum atomic E-state index is -0.423. The lowest BCUT2D eigenvalue weighted by Gasteiger charge is -2.12. The maximum absolute atomic E-state index is 12.8. The van der Waals surface area contributed by atoms with Gasteiger partial charge in [-0.1, -0.05) is 6.07 Å². The Balaban J connectivity index is 1.87. The van der Waals surface area contributed by atoms with Crippen molar-refractivity contribution in [1.82, 2.24) is 24.5 Å². The van der Waals surface area contributed by atoms with E-state index in [1.54, 1.807) is 30.8 Å². The number of rotatable bonds is 3. The van der Waals surface area contributed by atoms with Crippen LogP contribution in [0.2, 0.25) is 0 Å². The molecule has 0 aliphatic carbocycles. The van der Waals surface area contributed by atoms with Crippen LogP contribution in [0.1, 0.15) is 16.2 Å². The first kappa shape index (κ1) is 17.0. The van der Waals surface area contributed by atoms with Crippen molar-refractivity contribution in [1.29, 1.82) is 0 Å². The van der Waals surface area contributed by atoms with Crippen LogP contribution in [0.4, 0.5) is 5.69 Å². The van der Waals surface area contributed by atoms with Gasteiger partial charge in [0.1, 0.15) is 11.2 Å². The third kappa shape index (κ3) is 2.97. The van der Waals surface area contributed by atoms with E-state index in [2.05, 4.69) is 25.3 Å². The molecule has 0 spiro atoms. The van der Waals surface area contributed by atoms with E-state index in [0.29, 0.717) is 22.4 Å². The molecule has 0 saturated heterocycles. The number of anilines is 1. The smallest absolute Gasteiger partial charge is 0.275 e. The third-order valence-electron chi connectivity index (χ3n) is 4.10. The lowest BCUT2D eigenvalue weighted by Crippen LogP contribution is -2.21. The largest absolute Gasteiger partial charge is 0.319 e. The molecule has 0 atom stereocenters. The summed E-state index contributed by atoms with van der Waals surface area (Å²) in [6, 6.07) is 5.09. The van der Waals surface area contributed by atoms with Crippen molar-refractivity contribution in [3.63, 3.8) is 0 Å². The van der Waals surface area contributed by atoms with E-state index in [-0.39, 0.29) is 11.3 Å². The predicted octanol–water partition coefficient (Wildman–Crippen LogP) is 2.41. The van der Waals surface area contributed by atoms with Crippen molar-refractivity contribution in [3.8, 4) is 10.7 Å². The monoisotopic (exact) mass is 378 g/mol. The van der Waals surface area contributed by atoms with Crippen molar-refractivity contribution >= 4 is 33.8 Å². The Labute approximate surface area is 157 Å². The van der Waals surface area contributed by atoms with Crippen LogP contribution in [-0.4, -0.2) is 30.4 Å². The van der Waals surface area contributed by atoms with Gasteiger partial charge in [-0.3, -0.25) is 19.1 Å². The number of hydrogen-bond acceptors (Lipinski definition) is 7. The van der Waals surface area contributed by atoms with Gasteiger partial charge in [0.2, 0.25) is 0 Å². The number of nitrogens with one attached hydrogen (secondary N) is 1.